The first-order valence-electron chi connectivity index (χ1n) is 9.75. The lowest BCUT2D eigenvalue weighted by Crippen LogP contribution is -2.29. The van der Waals surface area contributed by atoms with E-state index in [9.17, 15) is 9.59 Å². The second-order valence-corrected chi connectivity index (χ2v) is 7.64. The van der Waals surface area contributed by atoms with Crippen LogP contribution in [0.2, 0.25) is 5.02 Å². The minimum Gasteiger partial charge on any atom is -0.496 e. The summed E-state index contributed by atoms with van der Waals surface area (Å²) >= 11 is 6.05. The quantitative estimate of drug-likeness (QED) is 0.629. The van der Waals surface area contributed by atoms with Crippen LogP contribution in [0.5, 0.6) is 5.75 Å². The van der Waals surface area contributed by atoms with Gasteiger partial charge in [0.25, 0.3) is 5.95 Å². The molecule has 5 rings (SSSR count). The van der Waals surface area contributed by atoms with Gasteiger partial charge < -0.3 is 10.1 Å². The first kappa shape index (κ1) is 19.3. The number of hydrogen-bond acceptors (Lipinski definition) is 6. The minimum atomic E-state index is -0.368. The van der Waals surface area contributed by atoms with E-state index in [0.29, 0.717) is 16.7 Å². The number of benzene rings is 2. The smallest absolute Gasteiger partial charge is 0.260 e. The van der Waals surface area contributed by atoms with Crippen LogP contribution in [0, 0.1) is 0 Å². The number of fused-ring (bicyclic) bond motifs is 1. The van der Waals surface area contributed by atoms with E-state index >= 15 is 0 Å². The van der Waals surface area contributed by atoms with Gasteiger partial charge in [0.1, 0.15) is 11.8 Å². The number of ether oxygens (including phenoxy) is 1. The van der Waals surface area contributed by atoms with Crippen molar-refractivity contribution < 1.29 is 14.3 Å². The third-order valence-electron chi connectivity index (χ3n) is 5.32. The Morgan fingerprint density at radius 2 is 1.77 bits per heavy atom. The number of nitrogens with one attached hydrogen (secondary N) is 1. The SMILES string of the molecule is COc1ccccc1[C@H]1C=C(c2ccc(Cl)cc2)Nc2nc(N3C(=O)CCC3=O)nn21. The second kappa shape index (κ2) is 7.55. The van der Waals surface area contributed by atoms with Gasteiger partial charge in [-0.05, 0) is 29.8 Å². The Morgan fingerprint density at radius 1 is 1.06 bits per heavy atom. The number of anilines is 2. The maximum Gasteiger partial charge on any atom is 0.260 e. The molecule has 8 nitrogen and oxygen atoms in total. The van der Waals surface area contributed by atoms with Gasteiger partial charge in [-0.1, -0.05) is 41.9 Å². The van der Waals surface area contributed by atoms with Crippen LogP contribution in [0.25, 0.3) is 5.70 Å². The van der Waals surface area contributed by atoms with Crippen LogP contribution in [0.3, 0.4) is 0 Å². The molecule has 31 heavy (non-hydrogen) atoms. The van der Waals surface area contributed by atoms with E-state index in [-0.39, 0.29) is 36.6 Å². The molecule has 0 bridgehead atoms. The zero-order chi connectivity index (χ0) is 21.5. The number of nitrogens with zero attached hydrogens (tertiary/aromatic N) is 4. The molecule has 1 N–H and O–H groups in total. The van der Waals surface area contributed by atoms with Crippen LogP contribution in [0.4, 0.5) is 11.9 Å². The van der Waals surface area contributed by atoms with Crippen molar-refractivity contribution in [2.45, 2.75) is 18.9 Å². The third kappa shape index (κ3) is 3.34. The molecule has 156 valence electrons. The van der Waals surface area contributed by atoms with Gasteiger partial charge in [-0.3, -0.25) is 9.59 Å². The average molecular weight is 436 g/mol. The standard InChI is InChI=1S/C22H18ClN5O3/c1-31-18-5-3-2-4-15(18)17-12-16(13-6-8-14(23)9-7-13)24-21-25-22(26-28(17)21)27-19(29)10-11-20(27)30/h2-9,12,17H,10-11H2,1H3,(H,24,25,26)/t17-/m1/s1. The van der Waals surface area contributed by atoms with Crippen molar-refractivity contribution in [1.29, 1.82) is 0 Å². The molecule has 3 heterocycles. The van der Waals surface area contributed by atoms with Crippen LogP contribution in [-0.4, -0.2) is 33.7 Å². The minimum absolute atomic E-state index is 0.0701. The Balaban J connectivity index is 1.64. The molecule has 0 saturated carbocycles. The Morgan fingerprint density at radius 3 is 2.48 bits per heavy atom. The topological polar surface area (TPSA) is 89.3 Å². The van der Waals surface area contributed by atoms with Crippen molar-refractivity contribution in [1.82, 2.24) is 14.8 Å². The van der Waals surface area contributed by atoms with E-state index < -0.39 is 0 Å². The first-order chi connectivity index (χ1) is 15.0. The van der Waals surface area contributed by atoms with Gasteiger partial charge in [-0.15, -0.1) is 5.10 Å². The number of amides is 2. The normalized spacial score (nSPS) is 17.9. The lowest BCUT2D eigenvalue weighted by molar-refractivity contribution is -0.121. The van der Waals surface area contributed by atoms with Crippen LogP contribution < -0.4 is 15.0 Å². The number of para-hydroxylation sites is 1. The number of carbonyl (C=O) groups excluding carboxylic acids is 2. The molecule has 2 aliphatic heterocycles. The molecular weight excluding hydrogens is 418 g/mol. The van der Waals surface area contributed by atoms with Crippen molar-refractivity contribution >= 4 is 41.0 Å². The van der Waals surface area contributed by atoms with Crippen LogP contribution >= 0.6 is 11.6 Å². The summed E-state index contributed by atoms with van der Waals surface area (Å²) in [6, 6.07) is 14.7. The highest BCUT2D eigenvalue weighted by molar-refractivity contribution is 6.30. The van der Waals surface area contributed by atoms with Crippen LogP contribution in [-0.2, 0) is 9.59 Å². The fourth-order valence-electron chi connectivity index (χ4n) is 3.81. The maximum absolute atomic E-state index is 12.2. The molecule has 0 unspecified atom stereocenters. The largest absolute Gasteiger partial charge is 0.496 e. The zero-order valence-corrected chi connectivity index (χ0v) is 17.3. The van der Waals surface area contributed by atoms with E-state index in [0.717, 1.165) is 21.7 Å². The molecule has 0 radical (unpaired) electrons. The predicted octanol–water partition coefficient (Wildman–Crippen LogP) is 3.65. The Hall–Kier alpha value is -3.65. The molecule has 1 atom stereocenters. The van der Waals surface area contributed by atoms with E-state index in [1.54, 1.807) is 11.8 Å². The fraction of sp³-hybridized carbons (Fsp3) is 0.182. The summed E-state index contributed by atoms with van der Waals surface area (Å²) in [6.07, 6.45) is 2.33. The molecule has 2 aromatic carbocycles. The molecule has 0 spiro atoms. The number of allylic oxidation sites excluding steroid dienone is 1. The third-order valence-corrected chi connectivity index (χ3v) is 5.57. The number of imide groups is 1. The number of rotatable bonds is 4. The molecule has 2 amide bonds. The Kier molecular flexibility index (Phi) is 4.71. The first-order valence-corrected chi connectivity index (χ1v) is 10.1. The molecular formula is C22H18ClN5O3. The highest BCUT2D eigenvalue weighted by atomic mass is 35.5. The highest BCUT2D eigenvalue weighted by Gasteiger charge is 2.36. The summed E-state index contributed by atoms with van der Waals surface area (Å²) in [6.45, 7) is 0. The predicted molar refractivity (Wildman–Crippen MR) is 116 cm³/mol. The van der Waals surface area contributed by atoms with E-state index in [2.05, 4.69) is 15.4 Å². The lowest BCUT2D eigenvalue weighted by atomic mass is 10.0. The monoisotopic (exact) mass is 435 g/mol. The summed E-state index contributed by atoms with van der Waals surface area (Å²) in [5.41, 5.74) is 2.58. The van der Waals surface area contributed by atoms with Crippen molar-refractivity contribution in [2.24, 2.45) is 0 Å². The highest BCUT2D eigenvalue weighted by Crippen LogP contribution is 2.37. The second-order valence-electron chi connectivity index (χ2n) is 7.20. The molecule has 2 aliphatic rings. The maximum atomic E-state index is 12.2. The molecule has 9 heteroatoms. The number of aromatic nitrogens is 3. The number of methoxy groups -OCH3 is 1. The van der Waals surface area contributed by atoms with Crippen molar-refractivity contribution in [3.05, 3.63) is 70.8 Å². The molecule has 0 aliphatic carbocycles. The van der Waals surface area contributed by atoms with Gasteiger partial charge >= 0.3 is 0 Å². The fourth-order valence-corrected chi connectivity index (χ4v) is 3.93. The number of halogens is 1. The van der Waals surface area contributed by atoms with Gasteiger partial charge in [0.2, 0.25) is 17.8 Å². The van der Waals surface area contributed by atoms with Crippen molar-refractivity contribution in [2.75, 3.05) is 17.3 Å². The molecule has 1 saturated heterocycles. The van der Waals surface area contributed by atoms with Gasteiger partial charge in [-0.2, -0.15) is 4.98 Å². The molecule has 1 fully saturated rings. The van der Waals surface area contributed by atoms with Crippen molar-refractivity contribution in [3.8, 4) is 5.75 Å². The summed E-state index contributed by atoms with van der Waals surface area (Å²) in [5, 5.41) is 8.41. The summed E-state index contributed by atoms with van der Waals surface area (Å²) < 4.78 is 7.22. The number of hydrogen-bond donors (Lipinski definition) is 1. The van der Waals surface area contributed by atoms with E-state index in [1.165, 1.54) is 0 Å². The van der Waals surface area contributed by atoms with Gasteiger partial charge in [0.05, 0.1) is 7.11 Å². The summed E-state index contributed by atoms with van der Waals surface area (Å²) in [4.78, 5) is 30.0. The summed E-state index contributed by atoms with van der Waals surface area (Å²) in [7, 11) is 1.61. The average Bonchev–Trinajstić information content (AvgIpc) is 3.35. The van der Waals surface area contributed by atoms with Crippen molar-refractivity contribution in [3.63, 3.8) is 0 Å². The zero-order valence-electron chi connectivity index (χ0n) is 16.6. The van der Waals surface area contributed by atoms with Gasteiger partial charge in [0, 0.05) is 29.1 Å². The molecule has 1 aromatic heterocycles. The summed E-state index contributed by atoms with van der Waals surface area (Å²) in [5.74, 6) is 0.587. The van der Waals surface area contributed by atoms with Crippen LogP contribution in [0.1, 0.15) is 30.0 Å². The van der Waals surface area contributed by atoms with Gasteiger partial charge in [-0.25, -0.2) is 9.58 Å². The number of carbonyl (C=O) groups is 2. The Bertz CT molecular complexity index is 1200. The van der Waals surface area contributed by atoms with Gasteiger partial charge in [0.15, 0.2) is 0 Å². The Labute approximate surface area is 183 Å². The van der Waals surface area contributed by atoms with Crippen LogP contribution in [0.15, 0.2) is 54.6 Å². The van der Waals surface area contributed by atoms with E-state index in [4.69, 9.17) is 16.3 Å². The van der Waals surface area contributed by atoms with E-state index in [1.807, 2.05) is 54.6 Å². The molecule has 3 aromatic rings. The lowest BCUT2D eigenvalue weighted by Gasteiger charge is -2.25.